The minimum Gasteiger partial charge on any atom is -0.461 e. The molecule has 0 saturated carbocycles. The van der Waals surface area contributed by atoms with Crippen molar-refractivity contribution < 1.29 is 31.8 Å². The van der Waals surface area contributed by atoms with Gasteiger partial charge in [-0.15, -0.1) is 11.6 Å². The van der Waals surface area contributed by atoms with E-state index in [4.69, 9.17) is 21.6 Å². The summed E-state index contributed by atoms with van der Waals surface area (Å²) in [6.07, 6.45) is 1.21. The molecule has 1 unspecified atom stereocenters. The van der Waals surface area contributed by atoms with E-state index in [1.165, 1.54) is 6.08 Å². The van der Waals surface area contributed by atoms with Crippen molar-refractivity contribution in [1.29, 1.82) is 5.26 Å². The molecule has 0 heterocycles. The summed E-state index contributed by atoms with van der Waals surface area (Å²) >= 11 is 6.18. The normalized spacial score (nSPS) is 13.2. The summed E-state index contributed by atoms with van der Waals surface area (Å²) in [6, 6.07) is 1.90. The largest absolute Gasteiger partial charge is 0.461 e. The molecule has 0 amide bonds. The van der Waals surface area contributed by atoms with Gasteiger partial charge in [-0.25, -0.2) is 17.6 Å². The molecule has 0 fully saturated rings. The van der Waals surface area contributed by atoms with Crippen LogP contribution in [0.2, 0.25) is 0 Å². The Morgan fingerprint density at radius 2 is 1.61 bits per heavy atom. The van der Waals surface area contributed by atoms with Crippen LogP contribution < -0.4 is 0 Å². The number of carbonyl (C=O) groups excluding carboxylic acids is 1. The average Bonchev–Trinajstić information content (AvgIpc) is 2.62. The number of methoxy groups -OCH3 is 1. The number of hydrogen-bond donors (Lipinski definition) is 0. The Morgan fingerprint density at radius 1 is 1.14 bits per heavy atom. The Balaban J connectivity index is 2.93. The van der Waals surface area contributed by atoms with Crippen molar-refractivity contribution in [3.05, 3.63) is 46.0 Å². The van der Waals surface area contributed by atoms with Gasteiger partial charge in [0.15, 0.2) is 23.3 Å². The highest BCUT2D eigenvalue weighted by molar-refractivity contribution is 6.22. The third-order valence-electron chi connectivity index (χ3n) is 4.03. The zero-order chi connectivity index (χ0) is 21.6. The van der Waals surface area contributed by atoms with Crippen molar-refractivity contribution in [1.82, 2.24) is 0 Å². The van der Waals surface area contributed by atoms with E-state index in [1.807, 2.05) is 6.07 Å². The standard InChI is InChI=1S/C19H20ClF4NO3/c1-10(7-25)5-13(20)19(2,3)6-14(26)28-9-12-17(23)15(21)11(8-27-4)16(22)18(12)24/h5,13H,6,8-9H2,1-4H3. The van der Waals surface area contributed by atoms with Gasteiger partial charge in [-0.2, -0.15) is 5.26 Å². The molecule has 0 aliphatic heterocycles. The van der Waals surface area contributed by atoms with Crippen molar-refractivity contribution in [3.63, 3.8) is 0 Å². The molecule has 1 rings (SSSR count). The molecule has 9 heteroatoms. The summed E-state index contributed by atoms with van der Waals surface area (Å²) in [6.45, 7) is 3.16. The number of esters is 1. The first-order chi connectivity index (χ1) is 13.0. The highest BCUT2D eigenvalue weighted by atomic mass is 35.5. The van der Waals surface area contributed by atoms with Gasteiger partial charge < -0.3 is 9.47 Å². The molecule has 0 aliphatic rings. The minimum absolute atomic E-state index is 0.258. The number of nitrogens with zero attached hydrogens (tertiary/aromatic N) is 1. The third kappa shape index (κ3) is 5.69. The summed E-state index contributed by atoms with van der Waals surface area (Å²) < 4.78 is 65.2. The minimum atomic E-state index is -1.65. The molecule has 1 aromatic rings. The number of benzene rings is 1. The molecule has 0 spiro atoms. The van der Waals surface area contributed by atoms with Crippen LogP contribution in [0.1, 0.15) is 38.3 Å². The lowest BCUT2D eigenvalue weighted by Gasteiger charge is -2.27. The van der Waals surface area contributed by atoms with Gasteiger partial charge in [-0.1, -0.05) is 19.9 Å². The second-order valence-electron chi connectivity index (χ2n) is 6.84. The summed E-state index contributed by atoms with van der Waals surface area (Å²) in [5.74, 6) is -7.39. The zero-order valence-electron chi connectivity index (χ0n) is 15.8. The van der Waals surface area contributed by atoms with E-state index in [0.717, 1.165) is 7.11 Å². The maximum absolute atomic E-state index is 14.0. The maximum Gasteiger partial charge on any atom is 0.306 e. The molecule has 0 bridgehead atoms. The van der Waals surface area contributed by atoms with E-state index in [2.05, 4.69) is 4.74 Å². The Bertz CT molecular complexity index is 789. The van der Waals surface area contributed by atoms with Crippen molar-refractivity contribution in [2.75, 3.05) is 7.11 Å². The summed E-state index contributed by atoms with van der Waals surface area (Å²) in [5.41, 5.74) is -2.43. The maximum atomic E-state index is 14.0. The fourth-order valence-electron chi connectivity index (χ4n) is 2.28. The predicted molar refractivity (Wildman–Crippen MR) is 94.2 cm³/mol. The number of nitriles is 1. The van der Waals surface area contributed by atoms with Gasteiger partial charge in [-0.3, -0.25) is 4.79 Å². The first kappa shape index (κ1) is 23.9. The van der Waals surface area contributed by atoms with Gasteiger partial charge in [0.05, 0.1) is 35.6 Å². The van der Waals surface area contributed by atoms with Gasteiger partial charge >= 0.3 is 5.97 Å². The van der Waals surface area contributed by atoms with Crippen LogP contribution in [-0.2, 0) is 27.5 Å². The van der Waals surface area contributed by atoms with Gasteiger partial charge in [0.1, 0.15) is 6.61 Å². The Hall–Kier alpha value is -2.11. The number of carbonyl (C=O) groups is 1. The molecule has 1 aromatic carbocycles. The first-order valence-corrected chi connectivity index (χ1v) is 8.60. The Kier molecular flexibility index (Phi) is 8.46. The SMILES string of the molecule is COCc1c(F)c(F)c(COC(=O)CC(C)(C)C(Cl)C=C(C)C#N)c(F)c1F. The lowest BCUT2D eigenvalue weighted by Crippen LogP contribution is -2.27. The molecule has 0 saturated heterocycles. The fourth-order valence-corrected chi connectivity index (χ4v) is 2.54. The molecule has 0 aromatic heterocycles. The van der Waals surface area contributed by atoms with Crippen molar-refractivity contribution in [2.24, 2.45) is 5.41 Å². The summed E-state index contributed by atoms with van der Waals surface area (Å²) in [5, 5.41) is 8.09. The Morgan fingerprint density at radius 3 is 2.04 bits per heavy atom. The van der Waals surface area contributed by atoms with Crippen LogP contribution in [0.5, 0.6) is 0 Å². The monoisotopic (exact) mass is 421 g/mol. The molecule has 1 atom stereocenters. The summed E-state index contributed by atoms with van der Waals surface area (Å²) in [7, 11) is 1.11. The lowest BCUT2D eigenvalue weighted by molar-refractivity contribution is -0.147. The fraction of sp³-hybridized carbons (Fsp3) is 0.474. The van der Waals surface area contributed by atoms with E-state index >= 15 is 0 Å². The molecule has 0 N–H and O–H groups in total. The number of ether oxygens (including phenoxy) is 2. The van der Waals surface area contributed by atoms with Gasteiger partial charge in [0, 0.05) is 12.7 Å². The van der Waals surface area contributed by atoms with Crippen molar-refractivity contribution in [2.45, 2.75) is 45.8 Å². The molecular formula is C19H20ClF4NO3. The smallest absolute Gasteiger partial charge is 0.306 e. The zero-order valence-corrected chi connectivity index (χ0v) is 16.6. The van der Waals surface area contributed by atoms with Crippen LogP contribution >= 0.6 is 11.6 Å². The van der Waals surface area contributed by atoms with Crippen LogP contribution in [0.3, 0.4) is 0 Å². The highest BCUT2D eigenvalue weighted by Gasteiger charge is 2.31. The Labute approximate surface area is 165 Å². The molecular weight excluding hydrogens is 402 g/mol. The van der Waals surface area contributed by atoms with E-state index in [-0.39, 0.29) is 6.42 Å². The van der Waals surface area contributed by atoms with E-state index in [1.54, 1.807) is 20.8 Å². The second-order valence-corrected chi connectivity index (χ2v) is 7.31. The number of halogens is 5. The number of rotatable bonds is 8. The average molecular weight is 422 g/mol. The number of alkyl halides is 1. The topological polar surface area (TPSA) is 59.3 Å². The molecule has 154 valence electrons. The lowest BCUT2D eigenvalue weighted by atomic mass is 9.84. The number of hydrogen-bond acceptors (Lipinski definition) is 4. The molecule has 0 aliphatic carbocycles. The van der Waals surface area contributed by atoms with Crippen LogP contribution in [0.15, 0.2) is 11.6 Å². The van der Waals surface area contributed by atoms with E-state index in [9.17, 15) is 22.4 Å². The molecule has 4 nitrogen and oxygen atoms in total. The first-order valence-electron chi connectivity index (χ1n) is 8.17. The van der Waals surface area contributed by atoms with Gasteiger partial charge in [0.25, 0.3) is 0 Å². The highest BCUT2D eigenvalue weighted by Crippen LogP contribution is 2.32. The number of allylic oxidation sites excluding steroid dienone is 2. The van der Waals surface area contributed by atoms with E-state index < -0.39 is 64.4 Å². The van der Waals surface area contributed by atoms with Gasteiger partial charge in [-0.05, 0) is 12.3 Å². The molecule has 28 heavy (non-hydrogen) atoms. The van der Waals surface area contributed by atoms with Crippen LogP contribution in [0.25, 0.3) is 0 Å². The van der Waals surface area contributed by atoms with Crippen LogP contribution in [0, 0.1) is 40.0 Å². The van der Waals surface area contributed by atoms with Crippen LogP contribution in [0.4, 0.5) is 17.6 Å². The summed E-state index contributed by atoms with van der Waals surface area (Å²) in [4.78, 5) is 12.0. The van der Waals surface area contributed by atoms with Gasteiger partial charge in [0.2, 0.25) is 0 Å². The third-order valence-corrected chi connectivity index (χ3v) is 4.75. The quantitative estimate of drug-likeness (QED) is 0.196. The van der Waals surface area contributed by atoms with Crippen LogP contribution in [-0.4, -0.2) is 18.5 Å². The second kappa shape index (κ2) is 9.89. The van der Waals surface area contributed by atoms with Crippen molar-refractivity contribution in [3.8, 4) is 6.07 Å². The van der Waals surface area contributed by atoms with Crippen molar-refractivity contribution >= 4 is 17.6 Å². The van der Waals surface area contributed by atoms with E-state index in [0.29, 0.717) is 5.57 Å². The molecule has 0 radical (unpaired) electrons. The predicted octanol–water partition coefficient (Wildman–Crippen LogP) is 4.93.